The maximum absolute atomic E-state index is 13.8. The van der Waals surface area contributed by atoms with Crippen LogP contribution in [-0.2, 0) is 42.8 Å². The predicted molar refractivity (Wildman–Crippen MR) is 232 cm³/mol. The number of epoxide rings is 1. The Morgan fingerprint density at radius 3 is 2.12 bits per heavy atom. The van der Waals surface area contributed by atoms with E-state index in [0.29, 0.717) is 32.0 Å². The second-order valence-electron chi connectivity index (χ2n) is 19.4. The average molecular weight is 811 g/mol. The van der Waals surface area contributed by atoms with Crippen LogP contribution in [0.15, 0.2) is 47.1 Å². The molecule has 1 aliphatic heterocycles. The largest absolute Gasteiger partial charge is 0.488 e. The van der Waals surface area contributed by atoms with E-state index in [1.807, 2.05) is 38.3 Å². The van der Waals surface area contributed by atoms with Crippen LogP contribution in [0.1, 0.15) is 130 Å². The van der Waals surface area contributed by atoms with Crippen molar-refractivity contribution in [1.29, 1.82) is 0 Å². The van der Waals surface area contributed by atoms with Crippen LogP contribution in [0.3, 0.4) is 0 Å². The van der Waals surface area contributed by atoms with E-state index >= 15 is 0 Å². The third-order valence-electron chi connectivity index (χ3n) is 12.6. The molecule has 1 aliphatic rings. The molecule has 0 saturated carbocycles. The number of hydrogen-bond donors (Lipinski definition) is 1. The Hall–Kier alpha value is -2.48. The molecule has 2 aromatic carbocycles. The smallest absolute Gasteiger partial charge is 0.343 e. The first-order chi connectivity index (χ1) is 26.0. The number of aliphatic hydroxyl groups is 1. The highest BCUT2D eigenvalue weighted by molar-refractivity contribution is 6.74. The van der Waals surface area contributed by atoms with Gasteiger partial charge < -0.3 is 32.6 Å². The minimum atomic E-state index is -2.43. The summed E-state index contributed by atoms with van der Waals surface area (Å²) in [5.41, 5.74) is 3.53. The van der Waals surface area contributed by atoms with Crippen molar-refractivity contribution in [2.45, 2.75) is 188 Å². The monoisotopic (exact) mass is 810 g/mol. The van der Waals surface area contributed by atoms with Gasteiger partial charge in [-0.1, -0.05) is 106 Å². The molecule has 10 heteroatoms. The summed E-state index contributed by atoms with van der Waals surface area (Å²) in [6, 6.07) is 12.5. The number of rotatable bonds is 20. The molecule has 0 bridgehead atoms. The molecule has 1 fully saturated rings. The third-order valence-corrected chi connectivity index (χ3v) is 21.6. The first-order valence-electron chi connectivity index (χ1n) is 21.1. The molecule has 5 atom stereocenters. The van der Waals surface area contributed by atoms with E-state index in [4.69, 9.17) is 27.5 Å². The van der Waals surface area contributed by atoms with Gasteiger partial charge in [0.1, 0.15) is 24.0 Å². The van der Waals surface area contributed by atoms with Gasteiger partial charge in [-0.3, -0.25) is 0 Å². The van der Waals surface area contributed by atoms with Crippen molar-refractivity contribution >= 4 is 33.6 Å². The van der Waals surface area contributed by atoms with Gasteiger partial charge in [0.05, 0.1) is 37.2 Å². The molecule has 314 valence electrons. The lowest BCUT2D eigenvalue weighted by molar-refractivity contribution is -0.154. The fraction of sp³-hybridized carbons (Fsp3) is 0.674. The predicted octanol–water partition coefficient (Wildman–Crippen LogP) is 11.9. The minimum Gasteiger partial charge on any atom is -0.488 e. The van der Waals surface area contributed by atoms with Gasteiger partial charge in [-0.15, -0.1) is 0 Å². The molecule has 0 radical (unpaired) electrons. The number of hydrogen-bond acceptors (Lipinski definition) is 8. The lowest BCUT2D eigenvalue weighted by Crippen LogP contribution is -2.53. The number of furan rings is 1. The van der Waals surface area contributed by atoms with Crippen molar-refractivity contribution in [2.24, 2.45) is 5.92 Å². The molecule has 1 aromatic heterocycles. The van der Waals surface area contributed by atoms with Crippen molar-refractivity contribution < 1.29 is 37.4 Å². The van der Waals surface area contributed by atoms with Crippen LogP contribution in [0.5, 0.6) is 5.75 Å². The van der Waals surface area contributed by atoms with Gasteiger partial charge in [0, 0.05) is 23.3 Å². The summed E-state index contributed by atoms with van der Waals surface area (Å²) in [4.78, 5) is 13.8. The van der Waals surface area contributed by atoms with Crippen LogP contribution in [0.4, 0.5) is 0 Å². The summed E-state index contributed by atoms with van der Waals surface area (Å²) in [7, 11) is -4.59. The van der Waals surface area contributed by atoms with Gasteiger partial charge in [-0.05, 0) is 85.6 Å². The molecule has 1 N–H and O–H groups in total. The maximum Gasteiger partial charge on any atom is 0.343 e. The fourth-order valence-corrected chi connectivity index (χ4v) is 9.48. The number of carbonyl (C=O) groups is 1. The molecule has 1 unspecified atom stereocenters. The first-order valence-corrected chi connectivity index (χ1v) is 26.9. The van der Waals surface area contributed by atoms with Gasteiger partial charge in [-0.2, -0.15) is 0 Å². The van der Waals surface area contributed by atoms with Crippen LogP contribution >= 0.6 is 0 Å². The fourth-order valence-electron chi connectivity index (χ4n) is 7.21. The van der Waals surface area contributed by atoms with E-state index in [-0.39, 0.29) is 35.1 Å². The number of carbonyl (C=O) groups excluding carboxylic acids is 1. The van der Waals surface area contributed by atoms with E-state index in [9.17, 15) is 9.90 Å². The summed E-state index contributed by atoms with van der Waals surface area (Å²) in [6.45, 7) is 33.7. The highest BCUT2D eigenvalue weighted by Crippen LogP contribution is 2.50. The Labute approximate surface area is 340 Å². The summed E-state index contributed by atoms with van der Waals surface area (Å²) in [6.07, 6.45) is 3.19. The van der Waals surface area contributed by atoms with E-state index in [0.717, 1.165) is 51.8 Å². The summed E-state index contributed by atoms with van der Waals surface area (Å²) in [5, 5.41) is 13.4. The molecule has 0 aliphatic carbocycles. The highest BCUT2D eigenvalue weighted by Gasteiger charge is 2.69. The third kappa shape index (κ3) is 10.2. The summed E-state index contributed by atoms with van der Waals surface area (Å²) in [5.74, 6) is 0.488. The first kappa shape index (κ1) is 46.2. The second kappa shape index (κ2) is 18.2. The van der Waals surface area contributed by atoms with Crippen molar-refractivity contribution in [1.82, 2.24) is 0 Å². The van der Waals surface area contributed by atoms with Crippen molar-refractivity contribution in [3.63, 3.8) is 0 Å². The minimum absolute atomic E-state index is 0.0172. The maximum atomic E-state index is 13.8. The molecule has 4 rings (SSSR count). The number of ether oxygens (including phenoxy) is 3. The summed E-state index contributed by atoms with van der Waals surface area (Å²) < 4.78 is 39.3. The van der Waals surface area contributed by atoms with Crippen LogP contribution in [0, 0.1) is 5.92 Å². The normalized spacial score (nSPS) is 19.6. The SMILES string of the molecule is CCC[C@H](c1coc2c(CO[Si](C)(C)C(C)(C)C)c(OCc3ccccc3)c(CC(C)C)cc12)[C@H](O)C[C@@H](O[Si](C)(C)C(C)(C)C)[C@@]1(C(=O)OCC)OC1CC. The quantitative estimate of drug-likeness (QED) is 0.0684. The van der Waals surface area contributed by atoms with Crippen LogP contribution in [-0.4, -0.2) is 58.2 Å². The van der Waals surface area contributed by atoms with Crippen LogP contribution in [0.2, 0.25) is 36.3 Å². The van der Waals surface area contributed by atoms with E-state index in [2.05, 4.69) is 107 Å². The standard InChI is InChI=1S/C46H74O8Si2/c1-16-22-34(38(47)27-40(54-56(14,15)45(9,10)11)46(39(17-2)53-46)43(48)49-18-3)36-29-51-42-35(36)26-33(25-31(4)5)41(50-28-32-23-20-19-21-24-32)37(42)30-52-55(12,13)44(6,7)8/h19-21,23-24,26,29,31,34,38-40,47H,16-18,22,25,27-28,30H2,1-15H3/t34-,38-,39?,40-,46+/m1/s1. The number of esters is 1. The molecule has 56 heavy (non-hydrogen) atoms. The Morgan fingerprint density at radius 1 is 0.946 bits per heavy atom. The number of benzene rings is 2. The zero-order valence-electron chi connectivity index (χ0n) is 37.4. The van der Waals surface area contributed by atoms with Gasteiger partial charge in [-0.25, -0.2) is 4.79 Å². The molecule has 0 amide bonds. The van der Waals surface area contributed by atoms with Crippen molar-refractivity contribution in [3.8, 4) is 5.75 Å². The van der Waals surface area contributed by atoms with E-state index < -0.39 is 40.4 Å². The van der Waals surface area contributed by atoms with Crippen molar-refractivity contribution in [3.05, 3.63) is 64.9 Å². The molecule has 1 saturated heterocycles. The van der Waals surface area contributed by atoms with Gasteiger partial charge in [0.25, 0.3) is 0 Å². The van der Waals surface area contributed by atoms with E-state index in [1.165, 1.54) is 0 Å². The topological polar surface area (TPSA) is 99.9 Å². The van der Waals surface area contributed by atoms with Gasteiger partial charge >= 0.3 is 5.97 Å². The van der Waals surface area contributed by atoms with Gasteiger partial charge in [0.15, 0.2) is 16.6 Å². The number of aliphatic hydroxyl groups excluding tert-OH is 1. The van der Waals surface area contributed by atoms with Crippen LogP contribution < -0.4 is 4.74 Å². The zero-order chi connectivity index (χ0) is 41.9. The zero-order valence-corrected chi connectivity index (χ0v) is 39.4. The molecule has 3 aromatic rings. The lowest BCUT2D eigenvalue weighted by Gasteiger charge is -2.41. The molecule has 2 heterocycles. The van der Waals surface area contributed by atoms with Crippen LogP contribution in [0.25, 0.3) is 11.0 Å². The van der Waals surface area contributed by atoms with Crippen molar-refractivity contribution in [2.75, 3.05) is 6.61 Å². The number of fused-ring (bicyclic) bond motifs is 1. The highest BCUT2D eigenvalue weighted by atomic mass is 28.4. The molecular weight excluding hydrogens is 737 g/mol. The Balaban J connectivity index is 1.86. The molecule has 8 nitrogen and oxygen atoms in total. The second-order valence-corrected chi connectivity index (χ2v) is 29.0. The Bertz CT molecular complexity index is 1740. The molecular formula is C46H74O8Si2. The van der Waals surface area contributed by atoms with E-state index in [1.54, 1.807) is 0 Å². The summed E-state index contributed by atoms with van der Waals surface area (Å²) >= 11 is 0. The van der Waals surface area contributed by atoms with Gasteiger partial charge in [0.2, 0.25) is 5.60 Å². The lowest BCUT2D eigenvalue weighted by atomic mass is 9.83. The Kier molecular flexibility index (Phi) is 15.0. The average Bonchev–Trinajstić information content (AvgIpc) is 3.72. The Morgan fingerprint density at radius 2 is 1.59 bits per heavy atom. The molecule has 0 spiro atoms.